The molecule has 0 saturated carbocycles. The molecule has 0 fully saturated rings. The van der Waals surface area contributed by atoms with Crippen molar-refractivity contribution in [2.75, 3.05) is 12.3 Å². The van der Waals surface area contributed by atoms with E-state index in [1.165, 1.54) is 12.1 Å². The SMILES string of the molecule is CCNS(=O)(=O)c1ccc(N)c(O)c1. The lowest BCUT2D eigenvalue weighted by Gasteiger charge is -2.05. The molecule has 0 heterocycles. The van der Waals surface area contributed by atoms with Gasteiger partial charge in [-0.3, -0.25) is 0 Å². The molecule has 0 aromatic heterocycles. The summed E-state index contributed by atoms with van der Waals surface area (Å²) in [6.07, 6.45) is 0. The number of phenolic OH excluding ortho intramolecular Hbond substituents is 1. The lowest BCUT2D eigenvalue weighted by atomic mass is 10.3. The third-order valence-electron chi connectivity index (χ3n) is 1.65. The van der Waals surface area contributed by atoms with Gasteiger partial charge in [0.25, 0.3) is 0 Å². The fourth-order valence-corrected chi connectivity index (χ4v) is 2.02. The molecule has 1 aromatic carbocycles. The van der Waals surface area contributed by atoms with Crippen molar-refractivity contribution in [3.8, 4) is 5.75 Å². The molecule has 0 aliphatic rings. The number of aromatic hydroxyl groups is 1. The Morgan fingerprint density at radius 1 is 1.50 bits per heavy atom. The largest absolute Gasteiger partial charge is 0.506 e. The molecule has 0 saturated heterocycles. The van der Waals surface area contributed by atoms with Gasteiger partial charge in [0.05, 0.1) is 10.6 Å². The highest BCUT2D eigenvalue weighted by molar-refractivity contribution is 7.89. The number of rotatable bonds is 3. The van der Waals surface area contributed by atoms with Crippen LogP contribution in [0.5, 0.6) is 5.75 Å². The maximum Gasteiger partial charge on any atom is 0.240 e. The van der Waals surface area contributed by atoms with Gasteiger partial charge in [0.1, 0.15) is 5.75 Å². The number of sulfonamides is 1. The first-order valence-electron chi connectivity index (χ1n) is 4.05. The van der Waals surface area contributed by atoms with Crippen molar-refractivity contribution < 1.29 is 13.5 Å². The van der Waals surface area contributed by atoms with Crippen LogP contribution in [0.3, 0.4) is 0 Å². The van der Waals surface area contributed by atoms with E-state index in [9.17, 15) is 13.5 Å². The van der Waals surface area contributed by atoms with Gasteiger partial charge in [-0.2, -0.15) is 0 Å². The van der Waals surface area contributed by atoms with Crippen LogP contribution in [-0.2, 0) is 10.0 Å². The molecule has 0 bridgehead atoms. The highest BCUT2D eigenvalue weighted by Crippen LogP contribution is 2.23. The second-order valence-electron chi connectivity index (χ2n) is 2.72. The molecular formula is C8H12N2O3S. The Balaban J connectivity index is 3.15. The number of nitrogens with two attached hydrogens (primary N) is 1. The molecule has 4 N–H and O–H groups in total. The van der Waals surface area contributed by atoms with Crippen molar-refractivity contribution >= 4 is 15.7 Å². The average molecular weight is 216 g/mol. The van der Waals surface area contributed by atoms with Crippen LogP contribution in [-0.4, -0.2) is 20.1 Å². The molecule has 0 spiro atoms. The fourth-order valence-electron chi connectivity index (χ4n) is 0.964. The quantitative estimate of drug-likeness (QED) is 0.499. The van der Waals surface area contributed by atoms with Crippen LogP contribution in [0.15, 0.2) is 23.1 Å². The molecule has 6 heteroatoms. The second-order valence-corrected chi connectivity index (χ2v) is 4.49. The van der Waals surface area contributed by atoms with Crippen LogP contribution < -0.4 is 10.5 Å². The topological polar surface area (TPSA) is 92.4 Å². The minimum absolute atomic E-state index is 0.00560. The van der Waals surface area contributed by atoms with Gasteiger partial charge >= 0.3 is 0 Å². The normalized spacial score (nSPS) is 11.5. The molecule has 0 unspecified atom stereocenters. The number of benzene rings is 1. The van der Waals surface area contributed by atoms with Crippen LogP contribution in [0.1, 0.15) is 6.92 Å². The lowest BCUT2D eigenvalue weighted by Crippen LogP contribution is -2.23. The van der Waals surface area contributed by atoms with Gasteiger partial charge in [0.15, 0.2) is 0 Å². The van der Waals surface area contributed by atoms with Crippen molar-refractivity contribution in [3.63, 3.8) is 0 Å². The van der Waals surface area contributed by atoms with Gasteiger partial charge < -0.3 is 10.8 Å². The molecule has 0 atom stereocenters. The Hall–Kier alpha value is -1.27. The first-order chi connectivity index (χ1) is 6.47. The Morgan fingerprint density at radius 2 is 2.14 bits per heavy atom. The maximum atomic E-state index is 11.4. The molecule has 1 aromatic rings. The minimum atomic E-state index is -3.52. The summed E-state index contributed by atoms with van der Waals surface area (Å²) in [5.41, 5.74) is 5.49. The summed E-state index contributed by atoms with van der Waals surface area (Å²) >= 11 is 0. The zero-order valence-corrected chi connectivity index (χ0v) is 8.50. The van der Waals surface area contributed by atoms with Gasteiger partial charge in [-0.15, -0.1) is 0 Å². The van der Waals surface area contributed by atoms with Crippen LogP contribution in [0.2, 0.25) is 0 Å². The van der Waals surface area contributed by atoms with Crippen LogP contribution in [0.25, 0.3) is 0 Å². The smallest absolute Gasteiger partial charge is 0.240 e. The predicted octanol–water partition coefficient (Wildman–Crippen LogP) is 0.273. The van der Waals surface area contributed by atoms with E-state index >= 15 is 0 Å². The van der Waals surface area contributed by atoms with E-state index < -0.39 is 10.0 Å². The summed E-state index contributed by atoms with van der Waals surface area (Å²) in [6, 6.07) is 3.81. The van der Waals surface area contributed by atoms with Crippen molar-refractivity contribution in [2.45, 2.75) is 11.8 Å². The first-order valence-corrected chi connectivity index (χ1v) is 5.54. The van der Waals surface area contributed by atoms with Gasteiger partial charge in [0, 0.05) is 12.6 Å². The zero-order valence-electron chi connectivity index (χ0n) is 7.69. The Morgan fingerprint density at radius 3 is 2.64 bits per heavy atom. The van der Waals surface area contributed by atoms with Gasteiger partial charge in [0.2, 0.25) is 10.0 Å². The van der Waals surface area contributed by atoms with Crippen molar-refractivity contribution in [2.24, 2.45) is 0 Å². The number of phenols is 1. The van der Waals surface area contributed by atoms with E-state index in [1.54, 1.807) is 6.92 Å². The highest BCUT2D eigenvalue weighted by atomic mass is 32.2. The van der Waals surface area contributed by atoms with Crippen molar-refractivity contribution in [1.82, 2.24) is 4.72 Å². The molecule has 0 aliphatic carbocycles. The van der Waals surface area contributed by atoms with Crippen LogP contribution >= 0.6 is 0 Å². The third-order valence-corrected chi connectivity index (χ3v) is 3.19. The predicted molar refractivity (Wildman–Crippen MR) is 53.4 cm³/mol. The molecule has 78 valence electrons. The molecule has 0 radical (unpaired) electrons. The summed E-state index contributed by atoms with van der Waals surface area (Å²) in [7, 11) is -3.52. The molecule has 1 rings (SSSR count). The van der Waals surface area contributed by atoms with Crippen molar-refractivity contribution in [3.05, 3.63) is 18.2 Å². The average Bonchev–Trinajstić information content (AvgIpc) is 2.09. The molecule has 0 aliphatic heterocycles. The van der Waals surface area contributed by atoms with Crippen molar-refractivity contribution in [1.29, 1.82) is 0 Å². The van der Waals surface area contributed by atoms with E-state index in [-0.39, 0.29) is 16.3 Å². The first kappa shape index (κ1) is 10.8. The van der Waals surface area contributed by atoms with E-state index in [2.05, 4.69) is 4.72 Å². The van der Waals surface area contributed by atoms with Crippen LogP contribution in [0.4, 0.5) is 5.69 Å². The minimum Gasteiger partial charge on any atom is -0.506 e. The second kappa shape index (κ2) is 3.85. The molecular weight excluding hydrogens is 204 g/mol. The summed E-state index contributed by atoms with van der Waals surface area (Å²) in [5.74, 6) is -0.232. The standard InChI is InChI=1S/C8H12N2O3S/c1-2-10-14(12,13)6-3-4-7(9)8(11)5-6/h3-5,10-11H,2,9H2,1H3. The highest BCUT2D eigenvalue weighted by Gasteiger charge is 2.13. The van der Waals surface area contributed by atoms with Gasteiger partial charge in [-0.25, -0.2) is 13.1 Å². The summed E-state index contributed by atoms with van der Waals surface area (Å²) in [5, 5.41) is 9.21. The summed E-state index contributed by atoms with van der Waals surface area (Å²) in [6.45, 7) is 1.97. The monoisotopic (exact) mass is 216 g/mol. The van der Waals surface area contributed by atoms with Crippen LogP contribution in [0, 0.1) is 0 Å². The Bertz CT molecular complexity index is 428. The number of anilines is 1. The van der Waals surface area contributed by atoms with E-state index in [0.29, 0.717) is 6.54 Å². The number of nitrogens with one attached hydrogen (secondary N) is 1. The summed E-state index contributed by atoms with van der Waals surface area (Å²) in [4.78, 5) is 0.00560. The number of hydrogen-bond donors (Lipinski definition) is 3. The lowest BCUT2D eigenvalue weighted by molar-refractivity contribution is 0.475. The zero-order chi connectivity index (χ0) is 10.8. The summed E-state index contributed by atoms with van der Waals surface area (Å²) < 4.78 is 25.2. The Labute approximate surface area is 82.6 Å². The van der Waals surface area contributed by atoms with E-state index in [4.69, 9.17) is 5.73 Å². The van der Waals surface area contributed by atoms with Gasteiger partial charge in [-0.05, 0) is 12.1 Å². The fraction of sp³-hybridized carbons (Fsp3) is 0.250. The van der Waals surface area contributed by atoms with Gasteiger partial charge in [-0.1, -0.05) is 6.92 Å². The molecule has 5 nitrogen and oxygen atoms in total. The Kier molecular flexibility index (Phi) is 2.97. The number of hydrogen-bond acceptors (Lipinski definition) is 4. The molecule has 0 amide bonds. The maximum absolute atomic E-state index is 11.4. The third kappa shape index (κ3) is 2.15. The molecule has 14 heavy (non-hydrogen) atoms. The van der Waals surface area contributed by atoms with E-state index in [1.807, 2.05) is 0 Å². The van der Waals surface area contributed by atoms with E-state index in [0.717, 1.165) is 6.07 Å². The number of nitrogen functional groups attached to an aromatic ring is 1.